The molecule has 0 N–H and O–H groups in total. The molecule has 0 aromatic heterocycles. The highest BCUT2D eigenvalue weighted by Gasteiger charge is 1.98. The van der Waals surface area contributed by atoms with Gasteiger partial charge in [-0.05, 0) is 22.9 Å². The van der Waals surface area contributed by atoms with Crippen LogP contribution >= 0.6 is 0 Å². The Morgan fingerprint density at radius 3 is 1.25 bits per heavy atom. The van der Waals surface area contributed by atoms with Crippen LogP contribution in [0.5, 0.6) is 11.5 Å². The zero-order chi connectivity index (χ0) is 16.8. The quantitative estimate of drug-likeness (QED) is 0.472. The van der Waals surface area contributed by atoms with Gasteiger partial charge >= 0.3 is 0 Å². The Balaban J connectivity index is 0.000000141. The summed E-state index contributed by atoms with van der Waals surface area (Å²) in [6, 6.07) is 28.5. The van der Waals surface area contributed by atoms with Gasteiger partial charge in [0.05, 0.1) is 14.2 Å². The van der Waals surface area contributed by atoms with Gasteiger partial charge in [-0.3, -0.25) is 0 Å². The van der Waals surface area contributed by atoms with E-state index in [0.29, 0.717) is 0 Å². The number of hydrogen-bond acceptors (Lipinski definition) is 2. The van der Waals surface area contributed by atoms with E-state index in [9.17, 15) is 0 Å². The molecule has 4 rings (SSSR count). The first-order valence-corrected chi connectivity index (χ1v) is 7.87. The lowest BCUT2D eigenvalue weighted by Crippen LogP contribution is -1.83. The molecule has 0 unspecified atom stereocenters. The van der Waals surface area contributed by atoms with E-state index in [1.807, 2.05) is 48.5 Å². The lowest BCUT2D eigenvalue weighted by atomic mass is 10.1. The number of ether oxygens (including phenoxy) is 2. The van der Waals surface area contributed by atoms with Crippen LogP contribution in [0.3, 0.4) is 0 Å². The first-order valence-electron chi connectivity index (χ1n) is 7.87. The molecular weight excluding hydrogens is 296 g/mol. The molecule has 0 aliphatic heterocycles. The molecule has 120 valence electrons. The molecule has 0 aliphatic rings. The van der Waals surface area contributed by atoms with Crippen molar-refractivity contribution in [1.82, 2.24) is 0 Å². The van der Waals surface area contributed by atoms with Crippen molar-refractivity contribution in [2.75, 3.05) is 14.2 Å². The van der Waals surface area contributed by atoms with Gasteiger partial charge in [-0.15, -0.1) is 0 Å². The lowest BCUT2D eigenvalue weighted by molar-refractivity contribution is 0.419. The van der Waals surface area contributed by atoms with E-state index in [-0.39, 0.29) is 0 Å². The maximum Gasteiger partial charge on any atom is 0.126 e. The van der Waals surface area contributed by atoms with Crippen molar-refractivity contribution < 1.29 is 9.47 Å². The second kappa shape index (κ2) is 7.51. The first kappa shape index (κ1) is 15.9. The average Bonchev–Trinajstić information content (AvgIpc) is 2.67. The molecule has 0 amide bonds. The van der Waals surface area contributed by atoms with Gasteiger partial charge < -0.3 is 9.47 Å². The normalized spacial score (nSPS) is 10.1. The van der Waals surface area contributed by atoms with Crippen LogP contribution in [0, 0.1) is 0 Å². The van der Waals surface area contributed by atoms with Gasteiger partial charge in [0.25, 0.3) is 0 Å². The number of benzene rings is 4. The van der Waals surface area contributed by atoms with E-state index >= 15 is 0 Å². The summed E-state index contributed by atoms with van der Waals surface area (Å²) in [6.45, 7) is 0. The fourth-order valence-corrected chi connectivity index (χ4v) is 2.75. The second-order valence-electron chi connectivity index (χ2n) is 5.36. The molecule has 0 fully saturated rings. The summed E-state index contributed by atoms with van der Waals surface area (Å²) in [5, 5.41) is 4.78. The topological polar surface area (TPSA) is 18.5 Å². The Bertz CT molecular complexity index is 855. The molecule has 0 heterocycles. The van der Waals surface area contributed by atoms with E-state index in [4.69, 9.17) is 9.47 Å². The van der Waals surface area contributed by atoms with E-state index < -0.39 is 0 Å². The van der Waals surface area contributed by atoms with Crippen molar-refractivity contribution in [1.29, 1.82) is 0 Å². The maximum atomic E-state index is 5.23. The molecule has 2 nitrogen and oxygen atoms in total. The minimum Gasteiger partial charge on any atom is -0.496 e. The smallest absolute Gasteiger partial charge is 0.126 e. The van der Waals surface area contributed by atoms with Crippen LogP contribution in [-0.2, 0) is 0 Å². The Hall–Kier alpha value is -3.00. The molecule has 0 saturated carbocycles. The van der Waals surface area contributed by atoms with Gasteiger partial charge in [0, 0.05) is 10.8 Å². The van der Waals surface area contributed by atoms with Crippen molar-refractivity contribution in [3.63, 3.8) is 0 Å². The van der Waals surface area contributed by atoms with Crippen molar-refractivity contribution in [2.24, 2.45) is 0 Å². The highest BCUT2D eigenvalue weighted by atomic mass is 16.5. The van der Waals surface area contributed by atoms with Crippen LogP contribution in [0.1, 0.15) is 0 Å². The van der Waals surface area contributed by atoms with Gasteiger partial charge in [0.15, 0.2) is 0 Å². The monoisotopic (exact) mass is 316 g/mol. The Morgan fingerprint density at radius 2 is 0.833 bits per heavy atom. The summed E-state index contributed by atoms with van der Waals surface area (Å²) in [4.78, 5) is 0. The predicted molar refractivity (Wildman–Crippen MR) is 101 cm³/mol. The van der Waals surface area contributed by atoms with Crippen molar-refractivity contribution in [2.45, 2.75) is 0 Å². The fourth-order valence-electron chi connectivity index (χ4n) is 2.75. The average molecular weight is 316 g/mol. The SMILES string of the molecule is COc1cccc2ccccc12.COc1cccc2ccccc12. The molecule has 0 aliphatic carbocycles. The second-order valence-corrected chi connectivity index (χ2v) is 5.36. The minimum atomic E-state index is 0.938. The van der Waals surface area contributed by atoms with Gasteiger partial charge in [-0.25, -0.2) is 0 Å². The summed E-state index contributed by atoms with van der Waals surface area (Å²) in [5.74, 6) is 1.88. The number of rotatable bonds is 2. The van der Waals surface area contributed by atoms with Crippen LogP contribution in [0.2, 0.25) is 0 Å². The Morgan fingerprint density at radius 1 is 0.458 bits per heavy atom. The fraction of sp³-hybridized carbons (Fsp3) is 0.0909. The molecule has 0 spiro atoms. The van der Waals surface area contributed by atoms with Gasteiger partial charge in [-0.1, -0.05) is 72.8 Å². The van der Waals surface area contributed by atoms with Crippen LogP contribution < -0.4 is 9.47 Å². The number of methoxy groups -OCH3 is 2. The number of fused-ring (bicyclic) bond motifs is 2. The third kappa shape index (κ3) is 3.33. The first-order chi connectivity index (χ1) is 11.8. The van der Waals surface area contributed by atoms with E-state index in [2.05, 4.69) is 36.4 Å². The van der Waals surface area contributed by atoms with E-state index in [1.54, 1.807) is 14.2 Å². The summed E-state index contributed by atoms with van der Waals surface area (Å²) < 4.78 is 10.5. The summed E-state index contributed by atoms with van der Waals surface area (Å²) >= 11 is 0. The third-order valence-corrected chi connectivity index (χ3v) is 3.94. The van der Waals surface area contributed by atoms with Crippen LogP contribution in [0.4, 0.5) is 0 Å². The molecule has 0 saturated heterocycles. The minimum absolute atomic E-state index is 0.938. The standard InChI is InChI=1S/2C11H10O/c2*1-12-11-8-4-6-9-5-2-3-7-10(9)11/h2*2-8H,1H3. The zero-order valence-electron chi connectivity index (χ0n) is 13.9. The third-order valence-electron chi connectivity index (χ3n) is 3.94. The van der Waals surface area contributed by atoms with E-state index in [1.165, 1.54) is 21.5 Å². The molecule has 4 aromatic rings. The summed E-state index contributed by atoms with van der Waals surface area (Å²) in [5.41, 5.74) is 0. The van der Waals surface area contributed by atoms with Crippen molar-refractivity contribution in [3.05, 3.63) is 84.9 Å². The van der Waals surface area contributed by atoms with Crippen molar-refractivity contribution >= 4 is 21.5 Å². The maximum absolute atomic E-state index is 5.23. The highest BCUT2D eigenvalue weighted by Crippen LogP contribution is 2.25. The summed E-state index contributed by atoms with van der Waals surface area (Å²) in [6.07, 6.45) is 0. The van der Waals surface area contributed by atoms with Gasteiger partial charge in [0.2, 0.25) is 0 Å². The molecule has 24 heavy (non-hydrogen) atoms. The van der Waals surface area contributed by atoms with Crippen LogP contribution in [0.25, 0.3) is 21.5 Å². The van der Waals surface area contributed by atoms with Gasteiger partial charge in [0.1, 0.15) is 11.5 Å². The summed E-state index contributed by atoms with van der Waals surface area (Å²) in [7, 11) is 3.39. The van der Waals surface area contributed by atoms with Crippen molar-refractivity contribution in [3.8, 4) is 11.5 Å². The molecule has 4 aromatic carbocycles. The lowest BCUT2D eigenvalue weighted by Gasteiger charge is -2.03. The van der Waals surface area contributed by atoms with E-state index in [0.717, 1.165) is 11.5 Å². The largest absolute Gasteiger partial charge is 0.496 e. The number of hydrogen-bond donors (Lipinski definition) is 0. The van der Waals surface area contributed by atoms with Crippen LogP contribution in [-0.4, -0.2) is 14.2 Å². The van der Waals surface area contributed by atoms with Crippen LogP contribution in [0.15, 0.2) is 84.9 Å². The highest BCUT2D eigenvalue weighted by molar-refractivity contribution is 5.88. The molecule has 0 radical (unpaired) electrons. The Labute approximate surface area is 142 Å². The molecule has 0 bridgehead atoms. The molecule has 2 heteroatoms. The zero-order valence-corrected chi connectivity index (χ0v) is 13.9. The van der Waals surface area contributed by atoms with Gasteiger partial charge in [-0.2, -0.15) is 0 Å². The predicted octanol–water partition coefficient (Wildman–Crippen LogP) is 5.70. The Kier molecular flexibility index (Phi) is 4.97. The molecular formula is C22H20O2. The molecule has 0 atom stereocenters.